The molecule has 0 saturated carbocycles. The van der Waals surface area contributed by atoms with Gasteiger partial charge in [-0.15, -0.1) is 0 Å². The number of methoxy groups -OCH3 is 1. The Hall–Kier alpha value is -1.68. The van der Waals surface area contributed by atoms with Crippen LogP contribution in [-0.4, -0.2) is 24.6 Å². The van der Waals surface area contributed by atoms with Crippen LogP contribution in [0.25, 0.3) is 0 Å². The molecule has 1 heterocycles. The van der Waals surface area contributed by atoms with Gasteiger partial charge in [0.15, 0.2) is 0 Å². The zero-order valence-corrected chi connectivity index (χ0v) is 11.1. The van der Waals surface area contributed by atoms with Crippen LogP contribution in [0.3, 0.4) is 0 Å². The standard InChI is InChI=1S/C14H20N2O2/c1-4-12(14(17)18-3)8-10-15-11(2)13-7-5-6-9-16-13/h5-9,11,15H,4,10H2,1-3H3/b12-8-/t11-/m1/s1. The Morgan fingerprint density at radius 3 is 2.89 bits per heavy atom. The first-order valence-corrected chi connectivity index (χ1v) is 6.10. The molecule has 0 fully saturated rings. The fourth-order valence-electron chi connectivity index (χ4n) is 1.60. The lowest BCUT2D eigenvalue weighted by molar-refractivity contribution is -0.136. The number of hydrogen-bond acceptors (Lipinski definition) is 4. The first kappa shape index (κ1) is 14.4. The molecule has 0 radical (unpaired) electrons. The first-order chi connectivity index (χ1) is 8.69. The Morgan fingerprint density at radius 1 is 1.56 bits per heavy atom. The summed E-state index contributed by atoms with van der Waals surface area (Å²) in [6, 6.07) is 5.98. The van der Waals surface area contributed by atoms with Gasteiger partial charge in [0.25, 0.3) is 0 Å². The quantitative estimate of drug-likeness (QED) is 0.619. The van der Waals surface area contributed by atoms with E-state index in [1.165, 1.54) is 7.11 Å². The van der Waals surface area contributed by atoms with Crippen LogP contribution in [0.4, 0.5) is 0 Å². The Bertz CT molecular complexity index is 402. The molecule has 1 aromatic heterocycles. The molecule has 0 aliphatic heterocycles. The van der Waals surface area contributed by atoms with Gasteiger partial charge in [-0.05, 0) is 25.5 Å². The van der Waals surface area contributed by atoms with Gasteiger partial charge < -0.3 is 10.1 Å². The van der Waals surface area contributed by atoms with Crippen molar-refractivity contribution in [3.05, 3.63) is 41.7 Å². The summed E-state index contributed by atoms with van der Waals surface area (Å²) in [5, 5.41) is 3.30. The number of carbonyl (C=O) groups excluding carboxylic acids is 1. The van der Waals surface area contributed by atoms with E-state index in [4.69, 9.17) is 4.74 Å². The lowest BCUT2D eigenvalue weighted by atomic mass is 10.2. The van der Waals surface area contributed by atoms with E-state index in [0.717, 1.165) is 5.69 Å². The van der Waals surface area contributed by atoms with Crippen molar-refractivity contribution in [3.63, 3.8) is 0 Å². The molecule has 0 aliphatic rings. The summed E-state index contributed by atoms with van der Waals surface area (Å²) in [6.07, 6.45) is 4.31. The average molecular weight is 248 g/mol. The van der Waals surface area contributed by atoms with Gasteiger partial charge in [0.05, 0.1) is 12.8 Å². The third-order valence-electron chi connectivity index (χ3n) is 2.73. The lowest BCUT2D eigenvalue weighted by Crippen LogP contribution is -2.20. The SMILES string of the molecule is CC/C(=C/CN[C@H](C)c1ccccn1)C(=O)OC. The molecule has 0 aromatic carbocycles. The maximum atomic E-state index is 11.4. The first-order valence-electron chi connectivity index (χ1n) is 6.10. The predicted molar refractivity (Wildman–Crippen MR) is 71.0 cm³/mol. The number of nitrogens with one attached hydrogen (secondary N) is 1. The van der Waals surface area contributed by atoms with E-state index in [2.05, 4.69) is 10.3 Å². The van der Waals surface area contributed by atoms with Crippen LogP contribution in [0.1, 0.15) is 32.0 Å². The van der Waals surface area contributed by atoms with Gasteiger partial charge in [-0.25, -0.2) is 4.79 Å². The fraction of sp³-hybridized carbons (Fsp3) is 0.429. The van der Waals surface area contributed by atoms with Gasteiger partial charge in [-0.1, -0.05) is 19.1 Å². The number of pyridine rings is 1. The van der Waals surface area contributed by atoms with Crippen LogP contribution in [0.5, 0.6) is 0 Å². The molecule has 1 rings (SSSR count). The van der Waals surface area contributed by atoms with Crippen molar-refractivity contribution in [2.45, 2.75) is 26.3 Å². The highest BCUT2D eigenvalue weighted by Crippen LogP contribution is 2.08. The van der Waals surface area contributed by atoms with Crippen molar-refractivity contribution in [2.24, 2.45) is 0 Å². The molecule has 0 saturated heterocycles. The molecule has 4 heteroatoms. The number of ether oxygens (including phenoxy) is 1. The highest BCUT2D eigenvalue weighted by atomic mass is 16.5. The Balaban J connectivity index is 2.50. The highest BCUT2D eigenvalue weighted by molar-refractivity contribution is 5.88. The molecular formula is C14H20N2O2. The smallest absolute Gasteiger partial charge is 0.333 e. The lowest BCUT2D eigenvalue weighted by Gasteiger charge is -2.11. The zero-order chi connectivity index (χ0) is 13.4. The number of nitrogens with zero attached hydrogens (tertiary/aromatic N) is 1. The van der Waals surface area contributed by atoms with Crippen molar-refractivity contribution in [3.8, 4) is 0 Å². The largest absolute Gasteiger partial charge is 0.466 e. The second-order valence-corrected chi connectivity index (χ2v) is 3.96. The molecule has 0 aliphatic carbocycles. The summed E-state index contributed by atoms with van der Waals surface area (Å²) in [5.74, 6) is -0.259. The summed E-state index contributed by atoms with van der Waals surface area (Å²) in [4.78, 5) is 15.6. The van der Waals surface area contributed by atoms with Gasteiger partial charge in [0.1, 0.15) is 0 Å². The van der Waals surface area contributed by atoms with E-state index in [9.17, 15) is 4.79 Å². The number of rotatable bonds is 6. The summed E-state index contributed by atoms with van der Waals surface area (Å²) in [6.45, 7) is 4.60. The molecule has 0 bridgehead atoms. The molecule has 0 unspecified atom stereocenters. The van der Waals surface area contributed by atoms with E-state index >= 15 is 0 Å². The van der Waals surface area contributed by atoms with Crippen molar-refractivity contribution < 1.29 is 9.53 Å². The van der Waals surface area contributed by atoms with Crippen molar-refractivity contribution >= 4 is 5.97 Å². The highest BCUT2D eigenvalue weighted by Gasteiger charge is 2.07. The molecule has 1 N–H and O–H groups in total. The number of carbonyl (C=O) groups is 1. The minimum absolute atomic E-state index is 0.151. The predicted octanol–water partition coefficient (Wildman–Crippen LogP) is 2.24. The molecule has 18 heavy (non-hydrogen) atoms. The second-order valence-electron chi connectivity index (χ2n) is 3.96. The van der Waals surface area contributed by atoms with Crippen LogP contribution in [0, 0.1) is 0 Å². The minimum atomic E-state index is -0.259. The molecule has 0 spiro atoms. The number of aromatic nitrogens is 1. The van der Waals surface area contributed by atoms with Crippen LogP contribution < -0.4 is 5.32 Å². The maximum Gasteiger partial charge on any atom is 0.333 e. The molecule has 4 nitrogen and oxygen atoms in total. The topological polar surface area (TPSA) is 51.2 Å². The molecule has 1 atom stereocenters. The summed E-state index contributed by atoms with van der Waals surface area (Å²) in [7, 11) is 1.40. The molecular weight excluding hydrogens is 228 g/mol. The number of hydrogen-bond donors (Lipinski definition) is 1. The Morgan fingerprint density at radius 2 is 2.33 bits per heavy atom. The van der Waals surface area contributed by atoms with E-state index in [1.54, 1.807) is 6.20 Å². The van der Waals surface area contributed by atoms with Crippen molar-refractivity contribution in [1.82, 2.24) is 10.3 Å². The summed E-state index contributed by atoms with van der Waals surface area (Å²) >= 11 is 0. The zero-order valence-electron chi connectivity index (χ0n) is 11.1. The van der Waals surface area contributed by atoms with Gasteiger partial charge in [-0.2, -0.15) is 0 Å². The summed E-state index contributed by atoms with van der Waals surface area (Å²) in [5.41, 5.74) is 1.68. The Labute approximate surface area is 108 Å². The third kappa shape index (κ3) is 4.30. The van der Waals surface area contributed by atoms with E-state index in [-0.39, 0.29) is 12.0 Å². The van der Waals surface area contributed by atoms with E-state index in [0.29, 0.717) is 18.5 Å². The molecule has 98 valence electrons. The summed E-state index contributed by atoms with van der Waals surface area (Å²) < 4.78 is 4.70. The van der Waals surface area contributed by atoms with Crippen LogP contribution in [0.2, 0.25) is 0 Å². The fourth-order valence-corrected chi connectivity index (χ4v) is 1.60. The van der Waals surface area contributed by atoms with Crippen LogP contribution >= 0.6 is 0 Å². The normalized spacial score (nSPS) is 13.2. The van der Waals surface area contributed by atoms with Gasteiger partial charge >= 0.3 is 5.97 Å². The van der Waals surface area contributed by atoms with Crippen LogP contribution in [0.15, 0.2) is 36.0 Å². The maximum absolute atomic E-state index is 11.4. The van der Waals surface area contributed by atoms with Crippen molar-refractivity contribution in [2.75, 3.05) is 13.7 Å². The molecule has 0 amide bonds. The van der Waals surface area contributed by atoms with E-state index in [1.807, 2.05) is 38.1 Å². The van der Waals surface area contributed by atoms with Crippen LogP contribution in [-0.2, 0) is 9.53 Å². The second kappa shape index (κ2) is 7.61. The van der Waals surface area contributed by atoms with Gasteiger partial charge in [0.2, 0.25) is 0 Å². The third-order valence-corrected chi connectivity index (χ3v) is 2.73. The van der Waals surface area contributed by atoms with Gasteiger partial charge in [0, 0.05) is 24.4 Å². The number of esters is 1. The minimum Gasteiger partial charge on any atom is -0.466 e. The molecule has 1 aromatic rings. The van der Waals surface area contributed by atoms with E-state index < -0.39 is 0 Å². The average Bonchev–Trinajstić information content (AvgIpc) is 2.43. The Kier molecular flexibility index (Phi) is 6.08. The van der Waals surface area contributed by atoms with Gasteiger partial charge in [-0.3, -0.25) is 4.98 Å². The van der Waals surface area contributed by atoms with Crippen molar-refractivity contribution in [1.29, 1.82) is 0 Å². The monoisotopic (exact) mass is 248 g/mol.